The van der Waals surface area contributed by atoms with Crippen molar-refractivity contribution in [2.24, 2.45) is 40.4 Å². The molecule has 4 saturated carbocycles. The van der Waals surface area contributed by atoms with Gasteiger partial charge in [0.15, 0.2) is 5.78 Å². The summed E-state index contributed by atoms with van der Waals surface area (Å²) in [5.41, 5.74) is 0.0501. The Morgan fingerprint density at radius 1 is 1.03 bits per heavy atom. The van der Waals surface area contributed by atoms with Gasteiger partial charge < -0.3 is 5.11 Å². The minimum atomic E-state index is -0.468. The molecule has 0 amide bonds. The number of hydrogen-bond acceptors (Lipinski definition) is 4. The molecule has 5 heteroatoms. The maximum Gasteiger partial charge on any atom is 0.157 e. The predicted molar refractivity (Wildman–Crippen MR) is 115 cm³/mol. The van der Waals surface area contributed by atoms with Gasteiger partial charge in [-0.3, -0.25) is 4.79 Å². The fourth-order valence-electron chi connectivity index (χ4n) is 8.74. The second-order valence-electron chi connectivity index (χ2n) is 12.0. The van der Waals surface area contributed by atoms with E-state index in [0.717, 1.165) is 31.1 Å². The van der Waals surface area contributed by atoms with E-state index in [2.05, 4.69) is 24.2 Å². The molecular weight excluding hydrogens is 374 g/mol. The van der Waals surface area contributed by atoms with E-state index >= 15 is 0 Å². The number of rotatable bonds is 3. The summed E-state index contributed by atoms with van der Waals surface area (Å²) in [7, 11) is 0. The van der Waals surface area contributed by atoms with Crippen molar-refractivity contribution in [2.75, 3.05) is 0 Å². The lowest BCUT2D eigenvalue weighted by molar-refractivity contribution is -0.169. The van der Waals surface area contributed by atoms with Crippen LogP contribution in [0.1, 0.15) is 85.0 Å². The van der Waals surface area contributed by atoms with E-state index in [0.29, 0.717) is 29.6 Å². The summed E-state index contributed by atoms with van der Waals surface area (Å²) in [6.45, 7) is 7.40. The highest BCUT2D eigenvalue weighted by Gasteiger charge is 2.60. The van der Waals surface area contributed by atoms with Crippen molar-refractivity contribution in [3.63, 3.8) is 0 Å². The molecule has 8 atom stereocenters. The number of Topliss-reactive ketones (excluding diaryl/α,β-unsaturated/α-hetero) is 1. The third-order valence-electron chi connectivity index (χ3n) is 10.4. The van der Waals surface area contributed by atoms with Crippen LogP contribution in [0, 0.1) is 40.4 Å². The summed E-state index contributed by atoms with van der Waals surface area (Å²) in [6.07, 6.45) is 15.1. The van der Waals surface area contributed by atoms with Gasteiger partial charge in [0, 0.05) is 12.1 Å². The molecule has 1 N–H and O–H groups in total. The summed E-state index contributed by atoms with van der Waals surface area (Å²) in [5, 5.41) is 18.6. The van der Waals surface area contributed by atoms with E-state index in [1.807, 2.05) is 6.92 Å². The van der Waals surface area contributed by atoms with Crippen molar-refractivity contribution in [3.05, 3.63) is 12.4 Å². The standard InChI is InChI=1S/C25H39N3O2/c1-23(30)11-12-24(2)17(15-23)7-8-18-19-5-4-6-21(25(19,3)10-9-20(18)24)22(29)16-28-14-13-26-27-28/h13-14,17-21,30H,4-12,15-16H2,1-3H3/t17-,18-,19-,20-,21+,23+,24-,25-/m0/s1. The predicted octanol–water partition coefficient (Wildman–Crippen LogP) is 4.65. The zero-order chi connectivity index (χ0) is 21.1. The first-order chi connectivity index (χ1) is 14.2. The molecule has 0 aliphatic heterocycles. The number of fused-ring (bicyclic) bond motifs is 5. The van der Waals surface area contributed by atoms with Crippen molar-refractivity contribution in [2.45, 2.75) is 97.1 Å². The van der Waals surface area contributed by atoms with E-state index in [9.17, 15) is 9.90 Å². The van der Waals surface area contributed by atoms with Crippen molar-refractivity contribution in [3.8, 4) is 0 Å². The van der Waals surface area contributed by atoms with Crippen molar-refractivity contribution >= 4 is 5.78 Å². The highest BCUT2D eigenvalue weighted by Crippen LogP contribution is 2.67. The van der Waals surface area contributed by atoms with Gasteiger partial charge in [-0.2, -0.15) is 0 Å². The average molecular weight is 414 g/mol. The summed E-state index contributed by atoms with van der Waals surface area (Å²) in [4.78, 5) is 13.3. The second kappa shape index (κ2) is 7.15. The minimum absolute atomic E-state index is 0.139. The molecule has 5 rings (SSSR count). The van der Waals surface area contributed by atoms with Crippen LogP contribution in [0.15, 0.2) is 12.4 Å². The van der Waals surface area contributed by atoms with Crippen LogP contribution < -0.4 is 0 Å². The van der Waals surface area contributed by atoms with E-state index in [1.54, 1.807) is 17.1 Å². The summed E-state index contributed by atoms with van der Waals surface area (Å²) in [6, 6.07) is 0. The lowest BCUT2D eigenvalue weighted by atomic mass is 9.41. The number of hydrogen-bond donors (Lipinski definition) is 1. The highest BCUT2D eigenvalue weighted by molar-refractivity contribution is 5.81. The van der Waals surface area contributed by atoms with E-state index in [-0.39, 0.29) is 11.3 Å². The molecule has 0 saturated heterocycles. The molecule has 1 aromatic rings. The van der Waals surface area contributed by atoms with Crippen molar-refractivity contribution < 1.29 is 9.90 Å². The molecule has 0 unspecified atom stereocenters. The van der Waals surface area contributed by atoms with E-state index < -0.39 is 5.60 Å². The van der Waals surface area contributed by atoms with Crippen molar-refractivity contribution in [1.82, 2.24) is 15.0 Å². The Kier molecular flexibility index (Phi) is 4.92. The number of nitrogens with zero attached hydrogens (tertiary/aromatic N) is 3. The Morgan fingerprint density at radius 2 is 1.83 bits per heavy atom. The Labute approximate surface area is 181 Å². The SMILES string of the molecule is C[C@@]1(O)CC[C@@]2(C)[C@@H](CC[C@@H]3[C@@H]2CC[C@]2(C)[C@@H](C(=O)Cn4ccnn4)CCC[C@@H]32)C1. The molecule has 1 heterocycles. The Morgan fingerprint density at radius 3 is 2.60 bits per heavy atom. The van der Waals surface area contributed by atoms with E-state index in [4.69, 9.17) is 0 Å². The van der Waals surface area contributed by atoms with Gasteiger partial charge in [-0.05, 0) is 99.2 Å². The van der Waals surface area contributed by atoms with Crippen LogP contribution in [0.25, 0.3) is 0 Å². The van der Waals surface area contributed by atoms with Crippen LogP contribution in [-0.2, 0) is 11.3 Å². The molecular formula is C25H39N3O2. The van der Waals surface area contributed by atoms with Crippen LogP contribution in [0.3, 0.4) is 0 Å². The molecule has 4 aliphatic carbocycles. The smallest absolute Gasteiger partial charge is 0.157 e. The molecule has 5 nitrogen and oxygen atoms in total. The maximum absolute atomic E-state index is 13.3. The fraction of sp³-hybridized carbons (Fsp3) is 0.880. The lowest BCUT2D eigenvalue weighted by Crippen LogP contribution is -2.58. The van der Waals surface area contributed by atoms with Gasteiger partial charge in [-0.15, -0.1) is 5.10 Å². The van der Waals surface area contributed by atoms with Crippen LogP contribution in [0.4, 0.5) is 0 Å². The average Bonchev–Trinajstić information content (AvgIpc) is 3.20. The van der Waals surface area contributed by atoms with Crippen LogP contribution in [-0.4, -0.2) is 31.5 Å². The number of carbonyl (C=O) groups is 1. The lowest BCUT2D eigenvalue weighted by Gasteiger charge is -2.64. The van der Waals surface area contributed by atoms with E-state index in [1.165, 1.54) is 44.9 Å². The molecule has 0 radical (unpaired) electrons. The molecule has 30 heavy (non-hydrogen) atoms. The highest BCUT2D eigenvalue weighted by atomic mass is 16.3. The molecule has 4 aliphatic rings. The first kappa shape index (κ1) is 20.7. The zero-order valence-corrected chi connectivity index (χ0v) is 19.0. The molecule has 166 valence electrons. The topological polar surface area (TPSA) is 68.0 Å². The number of aliphatic hydroxyl groups is 1. The normalized spacial score (nSPS) is 48.3. The second-order valence-corrected chi connectivity index (χ2v) is 12.0. The molecule has 0 bridgehead atoms. The van der Waals surface area contributed by atoms with Gasteiger partial charge in [0.25, 0.3) is 0 Å². The van der Waals surface area contributed by atoms with Crippen LogP contribution in [0.2, 0.25) is 0 Å². The maximum atomic E-state index is 13.3. The van der Waals surface area contributed by atoms with Crippen LogP contribution >= 0.6 is 0 Å². The zero-order valence-electron chi connectivity index (χ0n) is 19.0. The largest absolute Gasteiger partial charge is 0.390 e. The van der Waals surface area contributed by atoms with Gasteiger partial charge in [-0.25, -0.2) is 4.68 Å². The third kappa shape index (κ3) is 3.18. The molecule has 0 aromatic carbocycles. The van der Waals surface area contributed by atoms with Gasteiger partial charge in [0.05, 0.1) is 11.8 Å². The molecule has 4 fully saturated rings. The van der Waals surface area contributed by atoms with Gasteiger partial charge in [-0.1, -0.05) is 25.5 Å². The van der Waals surface area contributed by atoms with Gasteiger partial charge in [0.1, 0.15) is 6.54 Å². The first-order valence-corrected chi connectivity index (χ1v) is 12.3. The minimum Gasteiger partial charge on any atom is -0.390 e. The Bertz CT molecular complexity index is 790. The molecule has 1 aromatic heterocycles. The number of ketones is 1. The number of aromatic nitrogens is 3. The molecule has 0 spiro atoms. The monoisotopic (exact) mass is 413 g/mol. The quantitative estimate of drug-likeness (QED) is 0.783. The van der Waals surface area contributed by atoms with Gasteiger partial charge >= 0.3 is 0 Å². The third-order valence-corrected chi connectivity index (χ3v) is 10.4. The Balaban J connectivity index is 1.38. The summed E-state index contributed by atoms with van der Waals surface area (Å²) >= 11 is 0. The fourth-order valence-corrected chi connectivity index (χ4v) is 8.74. The first-order valence-electron chi connectivity index (χ1n) is 12.3. The van der Waals surface area contributed by atoms with Crippen LogP contribution in [0.5, 0.6) is 0 Å². The van der Waals surface area contributed by atoms with Gasteiger partial charge in [0.2, 0.25) is 0 Å². The summed E-state index contributed by atoms with van der Waals surface area (Å²) in [5.74, 6) is 3.40. The Hall–Kier alpha value is -1.23. The van der Waals surface area contributed by atoms with Crippen molar-refractivity contribution in [1.29, 1.82) is 0 Å². The number of carbonyl (C=O) groups excluding carboxylic acids is 1. The summed E-state index contributed by atoms with van der Waals surface area (Å²) < 4.78 is 1.70.